The lowest BCUT2D eigenvalue weighted by atomic mass is 10.0. The first kappa shape index (κ1) is 18.7. The number of carboxylic acid groups (broad SMARTS) is 1. The van der Waals surface area contributed by atoms with Crippen LogP contribution in [0, 0.1) is 5.82 Å². The Morgan fingerprint density at radius 2 is 2.00 bits per heavy atom. The largest absolute Gasteiger partial charge is 0.508 e. The highest BCUT2D eigenvalue weighted by Crippen LogP contribution is 2.21. The molecule has 0 radical (unpaired) electrons. The predicted octanol–water partition coefficient (Wildman–Crippen LogP) is 2.83. The number of phenols is 1. The Bertz CT molecular complexity index is 568. The SMILES string of the molecule is CC(C)(C)OC(=O)NC(CCC(=O)O)Cc1cc(F)ccc1O. The summed E-state index contributed by atoms with van der Waals surface area (Å²) in [5.74, 6) is -1.64. The Kier molecular flexibility index (Phi) is 6.36. The first-order valence-corrected chi connectivity index (χ1v) is 7.25. The number of benzene rings is 1. The number of alkyl carbamates (subject to hydrolysis) is 1. The molecule has 128 valence electrons. The first-order chi connectivity index (χ1) is 10.6. The second kappa shape index (κ2) is 7.80. The van der Waals surface area contributed by atoms with Crippen molar-refractivity contribution in [2.75, 3.05) is 0 Å². The average molecular weight is 327 g/mol. The summed E-state index contributed by atoms with van der Waals surface area (Å²) in [6.07, 6.45) is -0.638. The van der Waals surface area contributed by atoms with Gasteiger partial charge in [-0.25, -0.2) is 9.18 Å². The number of aliphatic carboxylic acids is 1. The molecule has 0 fully saturated rings. The van der Waals surface area contributed by atoms with E-state index in [1.165, 1.54) is 6.07 Å². The van der Waals surface area contributed by atoms with E-state index in [9.17, 15) is 19.1 Å². The molecular formula is C16H22FNO5. The van der Waals surface area contributed by atoms with E-state index in [2.05, 4.69) is 5.32 Å². The molecule has 1 amide bonds. The van der Waals surface area contributed by atoms with Crippen molar-refractivity contribution in [3.8, 4) is 5.75 Å². The van der Waals surface area contributed by atoms with Gasteiger partial charge in [-0.3, -0.25) is 4.79 Å². The molecule has 1 aromatic rings. The molecule has 3 N–H and O–H groups in total. The third kappa shape index (κ3) is 7.49. The zero-order chi connectivity index (χ0) is 17.6. The van der Waals surface area contributed by atoms with Gasteiger partial charge in [-0.15, -0.1) is 0 Å². The summed E-state index contributed by atoms with van der Waals surface area (Å²) < 4.78 is 18.4. The molecule has 6 nitrogen and oxygen atoms in total. The molecule has 1 aromatic carbocycles. The minimum Gasteiger partial charge on any atom is -0.508 e. The maximum absolute atomic E-state index is 13.3. The minimum absolute atomic E-state index is 0.0934. The van der Waals surface area contributed by atoms with Crippen LogP contribution in [0.4, 0.5) is 9.18 Å². The van der Waals surface area contributed by atoms with Gasteiger partial charge in [-0.05, 0) is 57.4 Å². The Labute approximate surface area is 134 Å². The summed E-state index contributed by atoms with van der Waals surface area (Å²) in [4.78, 5) is 22.6. The molecule has 0 heterocycles. The smallest absolute Gasteiger partial charge is 0.407 e. The lowest BCUT2D eigenvalue weighted by Crippen LogP contribution is -2.40. The van der Waals surface area contributed by atoms with Crippen molar-refractivity contribution in [2.45, 2.75) is 51.7 Å². The summed E-state index contributed by atoms with van der Waals surface area (Å²) in [7, 11) is 0. The number of amides is 1. The third-order valence-corrected chi connectivity index (χ3v) is 2.94. The van der Waals surface area contributed by atoms with Crippen LogP contribution in [-0.4, -0.2) is 33.9 Å². The minimum atomic E-state index is -1.01. The maximum atomic E-state index is 13.3. The molecule has 0 aliphatic rings. The first-order valence-electron chi connectivity index (χ1n) is 7.25. The van der Waals surface area contributed by atoms with Gasteiger partial charge in [0.05, 0.1) is 0 Å². The Morgan fingerprint density at radius 3 is 2.57 bits per heavy atom. The number of halogens is 1. The predicted molar refractivity (Wildman–Crippen MR) is 81.8 cm³/mol. The molecule has 1 atom stereocenters. The highest BCUT2D eigenvalue weighted by Gasteiger charge is 2.21. The number of carboxylic acids is 1. The van der Waals surface area contributed by atoms with Crippen molar-refractivity contribution in [3.63, 3.8) is 0 Å². The van der Waals surface area contributed by atoms with Crippen molar-refractivity contribution in [1.29, 1.82) is 0 Å². The van der Waals surface area contributed by atoms with Crippen molar-refractivity contribution in [1.82, 2.24) is 5.32 Å². The number of hydrogen-bond acceptors (Lipinski definition) is 4. The van der Waals surface area contributed by atoms with Crippen LogP contribution >= 0.6 is 0 Å². The number of aromatic hydroxyl groups is 1. The van der Waals surface area contributed by atoms with Crippen molar-refractivity contribution in [2.24, 2.45) is 0 Å². The molecule has 0 aliphatic carbocycles. The number of carbonyl (C=O) groups is 2. The fraction of sp³-hybridized carbons (Fsp3) is 0.500. The second-order valence-corrected chi connectivity index (χ2v) is 6.25. The zero-order valence-electron chi connectivity index (χ0n) is 13.4. The van der Waals surface area contributed by atoms with Crippen LogP contribution in [0.15, 0.2) is 18.2 Å². The van der Waals surface area contributed by atoms with E-state index >= 15 is 0 Å². The summed E-state index contributed by atoms with van der Waals surface area (Å²) in [5.41, 5.74) is -0.404. The van der Waals surface area contributed by atoms with Crippen LogP contribution in [-0.2, 0) is 16.0 Å². The molecule has 0 spiro atoms. The fourth-order valence-electron chi connectivity index (χ4n) is 1.98. The topological polar surface area (TPSA) is 95.9 Å². The molecule has 1 rings (SSSR count). The van der Waals surface area contributed by atoms with E-state index in [1.807, 2.05) is 0 Å². The third-order valence-electron chi connectivity index (χ3n) is 2.94. The molecule has 7 heteroatoms. The molecule has 1 unspecified atom stereocenters. The van der Waals surface area contributed by atoms with Crippen LogP contribution < -0.4 is 5.32 Å². The summed E-state index contributed by atoms with van der Waals surface area (Å²) in [6, 6.07) is 2.88. The molecule has 0 bridgehead atoms. The highest BCUT2D eigenvalue weighted by atomic mass is 19.1. The van der Waals surface area contributed by atoms with Crippen molar-refractivity contribution >= 4 is 12.1 Å². The number of ether oxygens (including phenoxy) is 1. The number of carbonyl (C=O) groups excluding carboxylic acids is 1. The number of rotatable bonds is 6. The number of phenolic OH excluding ortho intramolecular Hbond substituents is 1. The molecule has 0 aromatic heterocycles. The van der Waals surface area contributed by atoms with Gasteiger partial charge < -0.3 is 20.3 Å². The molecule has 0 aliphatic heterocycles. The van der Waals surface area contributed by atoms with E-state index < -0.39 is 29.5 Å². The van der Waals surface area contributed by atoms with Crippen molar-refractivity contribution < 1.29 is 28.9 Å². The Morgan fingerprint density at radius 1 is 1.35 bits per heavy atom. The highest BCUT2D eigenvalue weighted by molar-refractivity contribution is 5.69. The van der Waals surface area contributed by atoms with Crippen LogP contribution in [0.2, 0.25) is 0 Å². The monoisotopic (exact) mass is 327 g/mol. The van der Waals surface area contributed by atoms with E-state index in [4.69, 9.17) is 9.84 Å². The molecular weight excluding hydrogens is 305 g/mol. The van der Waals surface area contributed by atoms with Gasteiger partial charge in [0, 0.05) is 12.5 Å². The van der Waals surface area contributed by atoms with Crippen molar-refractivity contribution in [3.05, 3.63) is 29.6 Å². The van der Waals surface area contributed by atoms with E-state index in [0.717, 1.165) is 12.1 Å². The van der Waals surface area contributed by atoms with Gasteiger partial charge in [-0.1, -0.05) is 0 Å². The molecule has 0 saturated heterocycles. The quantitative estimate of drug-likeness (QED) is 0.746. The summed E-state index contributed by atoms with van der Waals surface area (Å²) in [5, 5.41) is 21.1. The maximum Gasteiger partial charge on any atom is 0.407 e. The number of nitrogens with one attached hydrogen (secondary N) is 1. The van der Waals surface area contributed by atoms with Crippen LogP contribution in [0.3, 0.4) is 0 Å². The van der Waals surface area contributed by atoms with Gasteiger partial charge in [0.2, 0.25) is 0 Å². The van der Waals surface area contributed by atoms with Crippen LogP contribution in [0.25, 0.3) is 0 Å². The number of hydrogen-bond donors (Lipinski definition) is 3. The summed E-state index contributed by atoms with van der Waals surface area (Å²) in [6.45, 7) is 5.12. The van der Waals surface area contributed by atoms with Gasteiger partial charge in [0.1, 0.15) is 17.2 Å². The van der Waals surface area contributed by atoms with E-state index in [0.29, 0.717) is 0 Å². The van der Waals surface area contributed by atoms with E-state index in [1.54, 1.807) is 20.8 Å². The standard InChI is InChI=1S/C16H22FNO5/c1-16(2,3)23-15(22)18-12(5-7-14(20)21)9-10-8-11(17)4-6-13(10)19/h4,6,8,12,19H,5,7,9H2,1-3H3,(H,18,22)(H,20,21). The van der Waals surface area contributed by atoms with Gasteiger partial charge in [0.15, 0.2) is 0 Å². The molecule has 23 heavy (non-hydrogen) atoms. The second-order valence-electron chi connectivity index (χ2n) is 6.25. The zero-order valence-corrected chi connectivity index (χ0v) is 13.4. The lowest BCUT2D eigenvalue weighted by Gasteiger charge is -2.23. The van der Waals surface area contributed by atoms with Gasteiger partial charge in [0.25, 0.3) is 0 Å². The van der Waals surface area contributed by atoms with Gasteiger partial charge in [-0.2, -0.15) is 0 Å². The molecule has 0 saturated carbocycles. The van der Waals surface area contributed by atoms with E-state index in [-0.39, 0.29) is 30.6 Å². The average Bonchev–Trinajstić information content (AvgIpc) is 2.38. The Balaban J connectivity index is 2.81. The fourth-order valence-corrected chi connectivity index (χ4v) is 1.98. The lowest BCUT2D eigenvalue weighted by molar-refractivity contribution is -0.137. The van der Waals surface area contributed by atoms with Crippen LogP contribution in [0.5, 0.6) is 5.75 Å². The Hall–Kier alpha value is -2.31. The normalized spacial score (nSPS) is 12.5. The van der Waals surface area contributed by atoms with Crippen LogP contribution in [0.1, 0.15) is 39.2 Å². The summed E-state index contributed by atoms with van der Waals surface area (Å²) >= 11 is 0. The van der Waals surface area contributed by atoms with Gasteiger partial charge >= 0.3 is 12.1 Å².